The van der Waals surface area contributed by atoms with E-state index in [1.54, 1.807) is 50.6 Å². The Morgan fingerprint density at radius 3 is 2.34 bits per heavy atom. The van der Waals surface area contributed by atoms with Gasteiger partial charge in [-0.3, -0.25) is 4.79 Å². The molecule has 8 heteroatoms. The van der Waals surface area contributed by atoms with Crippen LogP contribution in [0.3, 0.4) is 0 Å². The van der Waals surface area contributed by atoms with Crippen molar-refractivity contribution >= 4 is 27.7 Å². The molecular formula is C21H26N2O5S. The van der Waals surface area contributed by atoms with Gasteiger partial charge in [-0.05, 0) is 54.5 Å². The normalized spacial score (nSPS) is 11.4. The Kier molecular flexibility index (Phi) is 8.23. The summed E-state index contributed by atoms with van der Waals surface area (Å²) in [6, 6.07) is 11.3. The van der Waals surface area contributed by atoms with Crippen molar-refractivity contribution in [2.45, 2.75) is 24.7 Å². The standard InChI is InChI=1S/C21H26N2O5S/c1-4-5-14-22-29(25,26)18-10-8-17(9-11-18)23-21(24)13-7-16-6-12-19(27-2)20(15-16)28-3/h6-13,15,22H,4-5,14H2,1-3H3,(H,23,24)/b13-7+. The molecule has 0 aliphatic rings. The Bertz CT molecular complexity index is 954. The van der Waals surface area contributed by atoms with Crippen LogP contribution in [-0.2, 0) is 14.8 Å². The number of nitrogens with one attached hydrogen (secondary N) is 2. The molecule has 0 spiro atoms. The summed E-state index contributed by atoms with van der Waals surface area (Å²) < 4.78 is 37.3. The van der Waals surface area contributed by atoms with Gasteiger partial charge < -0.3 is 14.8 Å². The van der Waals surface area contributed by atoms with E-state index in [1.807, 2.05) is 6.92 Å². The van der Waals surface area contributed by atoms with Crippen molar-refractivity contribution in [3.8, 4) is 11.5 Å². The molecule has 7 nitrogen and oxygen atoms in total. The first-order chi connectivity index (χ1) is 13.9. The van der Waals surface area contributed by atoms with Crippen LogP contribution in [-0.4, -0.2) is 35.1 Å². The summed E-state index contributed by atoms with van der Waals surface area (Å²) in [6.07, 6.45) is 4.72. The minimum atomic E-state index is -3.54. The summed E-state index contributed by atoms with van der Waals surface area (Å²) in [5.41, 5.74) is 1.27. The number of benzene rings is 2. The number of anilines is 1. The van der Waals surface area contributed by atoms with Gasteiger partial charge in [-0.2, -0.15) is 0 Å². The summed E-state index contributed by atoms with van der Waals surface area (Å²) >= 11 is 0. The largest absolute Gasteiger partial charge is 0.493 e. The average Bonchev–Trinajstić information content (AvgIpc) is 2.72. The number of hydrogen-bond acceptors (Lipinski definition) is 5. The summed E-state index contributed by atoms with van der Waals surface area (Å²) in [7, 11) is -0.438. The number of rotatable bonds is 10. The Labute approximate surface area is 171 Å². The van der Waals surface area contributed by atoms with Crippen LogP contribution in [0.15, 0.2) is 53.4 Å². The first kappa shape index (κ1) is 22.4. The summed E-state index contributed by atoms with van der Waals surface area (Å²) in [5.74, 6) is 0.837. The van der Waals surface area contributed by atoms with Gasteiger partial charge in [-0.15, -0.1) is 0 Å². The lowest BCUT2D eigenvalue weighted by Crippen LogP contribution is -2.24. The topological polar surface area (TPSA) is 93.7 Å². The third-order valence-electron chi connectivity index (χ3n) is 4.09. The van der Waals surface area contributed by atoms with Gasteiger partial charge in [0.25, 0.3) is 0 Å². The third kappa shape index (κ3) is 6.62. The van der Waals surface area contributed by atoms with Crippen molar-refractivity contribution < 1.29 is 22.7 Å². The third-order valence-corrected chi connectivity index (χ3v) is 5.57. The predicted octanol–water partition coefficient (Wildman–Crippen LogP) is 3.43. The fraction of sp³-hybridized carbons (Fsp3) is 0.286. The summed E-state index contributed by atoms with van der Waals surface area (Å²) in [6.45, 7) is 2.39. The molecule has 0 heterocycles. The van der Waals surface area contributed by atoms with Crippen LogP contribution in [0.5, 0.6) is 11.5 Å². The molecule has 29 heavy (non-hydrogen) atoms. The van der Waals surface area contributed by atoms with Crippen LogP contribution in [0.2, 0.25) is 0 Å². The minimum absolute atomic E-state index is 0.160. The van der Waals surface area contributed by atoms with Gasteiger partial charge in [0, 0.05) is 18.3 Å². The lowest BCUT2D eigenvalue weighted by Gasteiger charge is -2.08. The maximum atomic E-state index is 12.2. The molecule has 2 N–H and O–H groups in total. The predicted molar refractivity (Wildman–Crippen MR) is 114 cm³/mol. The van der Waals surface area contributed by atoms with E-state index in [0.717, 1.165) is 18.4 Å². The number of methoxy groups -OCH3 is 2. The molecule has 2 rings (SSSR count). The SMILES string of the molecule is CCCCNS(=O)(=O)c1ccc(NC(=O)/C=C/c2ccc(OC)c(OC)c2)cc1. The second-order valence-corrected chi connectivity index (χ2v) is 7.98. The molecule has 0 aliphatic heterocycles. The molecule has 0 radical (unpaired) electrons. The molecular weight excluding hydrogens is 392 g/mol. The Morgan fingerprint density at radius 2 is 1.72 bits per heavy atom. The number of hydrogen-bond donors (Lipinski definition) is 2. The molecule has 0 bridgehead atoms. The Hall–Kier alpha value is -2.84. The van der Waals surface area contributed by atoms with Crippen LogP contribution in [0.4, 0.5) is 5.69 Å². The number of unbranched alkanes of at least 4 members (excludes halogenated alkanes) is 1. The quantitative estimate of drug-likeness (QED) is 0.455. The van der Waals surface area contributed by atoms with E-state index >= 15 is 0 Å². The number of carbonyl (C=O) groups excluding carboxylic acids is 1. The van der Waals surface area contributed by atoms with Crippen LogP contribution in [0.25, 0.3) is 6.08 Å². The molecule has 0 saturated heterocycles. The molecule has 156 valence electrons. The van der Waals surface area contributed by atoms with Gasteiger partial charge in [0.1, 0.15) is 0 Å². The zero-order valence-electron chi connectivity index (χ0n) is 16.8. The van der Waals surface area contributed by atoms with Gasteiger partial charge in [0.05, 0.1) is 19.1 Å². The van der Waals surface area contributed by atoms with Gasteiger partial charge in [0.2, 0.25) is 15.9 Å². The van der Waals surface area contributed by atoms with E-state index in [0.29, 0.717) is 23.7 Å². The van der Waals surface area contributed by atoms with Gasteiger partial charge >= 0.3 is 0 Å². The van der Waals surface area contributed by atoms with E-state index in [2.05, 4.69) is 10.0 Å². The monoisotopic (exact) mass is 418 g/mol. The van der Waals surface area contributed by atoms with Crippen molar-refractivity contribution in [1.29, 1.82) is 0 Å². The van der Waals surface area contributed by atoms with E-state index in [-0.39, 0.29) is 10.8 Å². The summed E-state index contributed by atoms with van der Waals surface area (Å²) in [5, 5.41) is 2.70. The summed E-state index contributed by atoms with van der Waals surface area (Å²) in [4.78, 5) is 12.3. The highest BCUT2D eigenvalue weighted by Gasteiger charge is 2.13. The van der Waals surface area contributed by atoms with Gasteiger partial charge in [0.15, 0.2) is 11.5 Å². The van der Waals surface area contributed by atoms with E-state index in [9.17, 15) is 13.2 Å². The molecule has 2 aromatic carbocycles. The van der Waals surface area contributed by atoms with Crippen molar-refractivity contribution in [2.24, 2.45) is 0 Å². The highest BCUT2D eigenvalue weighted by atomic mass is 32.2. The minimum Gasteiger partial charge on any atom is -0.493 e. The molecule has 2 aromatic rings. The van der Waals surface area contributed by atoms with E-state index in [4.69, 9.17) is 9.47 Å². The maximum absolute atomic E-state index is 12.2. The Morgan fingerprint density at radius 1 is 1.03 bits per heavy atom. The average molecular weight is 419 g/mol. The van der Waals surface area contributed by atoms with Crippen molar-refractivity contribution in [2.75, 3.05) is 26.1 Å². The first-order valence-corrected chi connectivity index (χ1v) is 10.7. The second kappa shape index (κ2) is 10.6. The number of ether oxygens (including phenoxy) is 2. The van der Waals surface area contributed by atoms with Crippen molar-refractivity contribution in [3.05, 3.63) is 54.1 Å². The molecule has 0 saturated carbocycles. The highest BCUT2D eigenvalue weighted by molar-refractivity contribution is 7.89. The molecule has 0 unspecified atom stereocenters. The highest BCUT2D eigenvalue weighted by Crippen LogP contribution is 2.28. The van der Waals surface area contributed by atoms with Gasteiger partial charge in [-0.1, -0.05) is 19.4 Å². The first-order valence-electron chi connectivity index (χ1n) is 9.20. The molecule has 1 amide bonds. The van der Waals surface area contributed by atoms with Crippen LogP contribution in [0.1, 0.15) is 25.3 Å². The lowest BCUT2D eigenvalue weighted by atomic mass is 10.2. The van der Waals surface area contributed by atoms with Crippen LogP contribution in [0, 0.1) is 0 Å². The lowest BCUT2D eigenvalue weighted by molar-refractivity contribution is -0.111. The van der Waals surface area contributed by atoms with Gasteiger partial charge in [-0.25, -0.2) is 13.1 Å². The smallest absolute Gasteiger partial charge is 0.248 e. The van der Waals surface area contributed by atoms with Crippen LogP contribution >= 0.6 is 0 Å². The van der Waals surface area contributed by atoms with Crippen molar-refractivity contribution in [1.82, 2.24) is 4.72 Å². The zero-order chi connectivity index (χ0) is 21.3. The second-order valence-electron chi connectivity index (χ2n) is 6.21. The molecule has 0 aliphatic carbocycles. The Balaban J connectivity index is 1.99. The fourth-order valence-corrected chi connectivity index (χ4v) is 3.57. The maximum Gasteiger partial charge on any atom is 0.248 e. The number of amides is 1. The van der Waals surface area contributed by atoms with E-state index in [1.165, 1.54) is 18.2 Å². The van der Waals surface area contributed by atoms with Crippen molar-refractivity contribution in [3.63, 3.8) is 0 Å². The number of carbonyl (C=O) groups is 1. The zero-order valence-corrected chi connectivity index (χ0v) is 17.6. The van der Waals surface area contributed by atoms with Crippen LogP contribution < -0.4 is 19.5 Å². The molecule has 0 atom stereocenters. The molecule has 0 fully saturated rings. The number of sulfonamides is 1. The van der Waals surface area contributed by atoms with E-state index < -0.39 is 10.0 Å². The fourth-order valence-electron chi connectivity index (χ4n) is 2.50. The molecule has 0 aromatic heterocycles.